The van der Waals surface area contributed by atoms with E-state index in [4.69, 9.17) is 4.74 Å². The van der Waals surface area contributed by atoms with Crippen LogP contribution in [0.2, 0.25) is 0 Å². The van der Waals surface area contributed by atoms with E-state index in [9.17, 15) is 9.18 Å². The maximum Gasteiger partial charge on any atom is 0.255 e. The molecule has 1 N–H and O–H groups in total. The minimum Gasteiger partial charge on any atom is -0.497 e. The van der Waals surface area contributed by atoms with Crippen molar-refractivity contribution in [2.24, 2.45) is 0 Å². The number of halogens is 1. The van der Waals surface area contributed by atoms with Gasteiger partial charge in [-0.05, 0) is 119 Å². The number of fused-ring (bicyclic) bond motifs is 1. The molecule has 0 atom stereocenters. The molecule has 0 radical (unpaired) electrons. The zero-order valence-corrected chi connectivity index (χ0v) is 23.1. The lowest BCUT2D eigenvalue weighted by molar-refractivity contribution is 0.102. The molecule has 41 heavy (non-hydrogen) atoms. The Bertz CT molecular complexity index is 1640. The summed E-state index contributed by atoms with van der Waals surface area (Å²) in [5.74, 6) is 1.01. The van der Waals surface area contributed by atoms with E-state index in [1.54, 1.807) is 19.2 Å². The number of benzene rings is 5. The quantitative estimate of drug-likeness (QED) is 0.224. The molecule has 1 fully saturated rings. The molecule has 0 aromatic heterocycles. The Morgan fingerprint density at radius 2 is 1.44 bits per heavy atom. The summed E-state index contributed by atoms with van der Waals surface area (Å²) in [6.45, 7) is 2.98. The molecule has 5 aromatic carbocycles. The number of amides is 1. The molecule has 0 spiro atoms. The molecule has 5 aromatic rings. The van der Waals surface area contributed by atoms with Gasteiger partial charge in [0.05, 0.1) is 7.11 Å². The molecule has 0 unspecified atom stereocenters. The van der Waals surface area contributed by atoms with E-state index in [0.29, 0.717) is 11.5 Å². The number of piperidine rings is 1. The van der Waals surface area contributed by atoms with Crippen LogP contribution in [-0.4, -0.2) is 31.0 Å². The van der Waals surface area contributed by atoms with E-state index in [1.807, 2.05) is 72.8 Å². The van der Waals surface area contributed by atoms with Gasteiger partial charge < -0.3 is 10.1 Å². The van der Waals surface area contributed by atoms with Crippen molar-refractivity contribution in [3.8, 4) is 16.9 Å². The summed E-state index contributed by atoms with van der Waals surface area (Å²) in [5, 5.41) is 5.29. The van der Waals surface area contributed by atoms with Gasteiger partial charge in [0.2, 0.25) is 0 Å². The molecule has 0 saturated carbocycles. The van der Waals surface area contributed by atoms with E-state index in [2.05, 4.69) is 34.5 Å². The molecule has 0 aliphatic carbocycles. The van der Waals surface area contributed by atoms with Gasteiger partial charge in [0.1, 0.15) is 11.6 Å². The number of rotatable bonds is 7. The van der Waals surface area contributed by atoms with Crippen LogP contribution in [0.5, 0.6) is 5.75 Å². The second kappa shape index (κ2) is 11.9. The van der Waals surface area contributed by atoms with Crippen LogP contribution in [0.25, 0.3) is 21.9 Å². The maximum absolute atomic E-state index is 13.3. The van der Waals surface area contributed by atoms with Crippen LogP contribution in [0.1, 0.15) is 40.2 Å². The molecular weight excluding hydrogens is 511 g/mol. The Labute approximate surface area is 240 Å². The Morgan fingerprint density at radius 1 is 0.805 bits per heavy atom. The van der Waals surface area contributed by atoms with E-state index in [0.717, 1.165) is 65.8 Å². The molecular formula is C36H33FN2O2. The lowest BCUT2D eigenvalue weighted by atomic mass is 9.89. The van der Waals surface area contributed by atoms with Crippen molar-refractivity contribution in [1.29, 1.82) is 0 Å². The highest BCUT2D eigenvalue weighted by atomic mass is 19.1. The molecule has 6 rings (SSSR count). The first-order valence-electron chi connectivity index (χ1n) is 14.1. The first-order valence-corrected chi connectivity index (χ1v) is 14.1. The van der Waals surface area contributed by atoms with Crippen LogP contribution in [0, 0.1) is 5.82 Å². The van der Waals surface area contributed by atoms with Crippen LogP contribution >= 0.6 is 0 Å². The molecule has 0 bridgehead atoms. The number of nitrogens with zero attached hydrogens (tertiary/aromatic N) is 1. The summed E-state index contributed by atoms with van der Waals surface area (Å²) < 4.78 is 18.5. The van der Waals surface area contributed by atoms with Crippen LogP contribution in [-0.2, 0) is 6.54 Å². The van der Waals surface area contributed by atoms with Gasteiger partial charge >= 0.3 is 0 Å². The minimum absolute atomic E-state index is 0.133. The molecule has 4 nitrogen and oxygen atoms in total. The first-order chi connectivity index (χ1) is 20.0. The van der Waals surface area contributed by atoms with Crippen molar-refractivity contribution in [1.82, 2.24) is 4.90 Å². The Morgan fingerprint density at radius 3 is 2.12 bits per heavy atom. The highest BCUT2D eigenvalue weighted by Crippen LogP contribution is 2.30. The lowest BCUT2D eigenvalue weighted by Gasteiger charge is -2.32. The third-order valence-electron chi connectivity index (χ3n) is 8.07. The number of hydrogen-bond donors (Lipinski definition) is 1. The monoisotopic (exact) mass is 544 g/mol. The molecule has 1 aliphatic rings. The topological polar surface area (TPSA) is 41.6 Å². The second-order valence-corrected chi connectivity index (χ2v) is 10.8. The average molecular weight is 545 g/mol. The third-order valence-corrected chi connectivity index (χ3v) is 8.07. The van der Waals surface area contributed by atoms with Gasteiger partial charge in [0.15, 0.2) is 0 Å². The van der Waals surface area contributed by atoms with Crippen molar-refractivity contribution >= 4 is 22.4 Å². The van der Waals surface area contributed by atoms with E-state index in [1.165, 1.54) is 11.1 Å². The summed E-state index contributed by atoms with van der Waals surface area (Å²) in [6, 6.07) is 35.1. The van der Waals surface area contributed by atoms with Gasteiger partial charge in [0.25, 0.3) is 5.91 Å². The molecule has 206 valence electrons. The first kappa shape index (κ1) is 26.7. The number of likely N-dealkylation sites (tertiary alicyclic amines) is 1. The van der Waals surface area contributed by atoms with Crippen LogP contribution in [0.4, 0.5) is 10.1 Å². The number of ether oxygens (including phenoxy) is 1. The molecule has 1 heterocycles. The van der Waals surface area contributed by atoms with E-state index >= 15 is 0 Å². The molecule has 5 heteroatoms. The molecule has 1 amide bonds. The minimum atomic E-state index is -0.173. The summed E-state index contributed by atoms with van der Waals surface area (Å²) in [5.41, 5.74) is 6.03. The Kier molecular flexibility index (Phi) is 7.79. The van der Waals surface area contributed by atoms with Gasteiger partial charge in [-0.3, -0.25) is 9.69 Å². The Balaban J connectivity index is 1.06. The highest BCUT2D eigenvalue weighted by molar-refractivity contribution is 6.05. The smallest absolute Gasteiger partial charge is 0.255 e. The summed E-state index contributed by atoms with van der Waals surface area (Å²) >= 11 is 0. The lowest BCUT2D eigenvalue weighted by Crippen LogP contribution is -2.32. The van der Waals surface area contributed by atoms with Crippen molar-refractivity contribution in [3.63, 3.8) is 0 Å². The summed E-state index contributed by atoms with van der Waals surface area (Å²) in [4.78, 5) is 15.4. The highest BCUT2D eigenvalue weighted by Gasteiger charge is 2.20. The largest absolute Gasteiger partial charge is 0.497 e. The zero-order valence-electron chi connectivity index (χ0n) is 23.1. The van der Waals surface area contributed by atoms with Gasteiger partial charge in [-0.1, -0.05) is 54.6 Å². The second-order valence-electron chi connectivity index (χ2n) is 10.8. The normalized spacial score (nSPS) is 14.2. The van der Waals surface area contributed by atoms with Gasteiger partial charge in [-0.2, -0.15) is 0 Å². The number of methoxy groups -OCH3 is 1. The fraction of sp³-hybridized carbons (Fsp3) is 0.194. The number of carbonyl (C=O) groups excluding carboxylic acids is 1. The van der Waals surface area contributed by atoms with E-state index in [-0.39, 0.29) is 11.7 Å². The van der Waals surface area contributed by atoms with Crippen LogP contribution in [0.3, 0.4) is 0 Å². The molecule has 1 saturated heterocycles. The molecule has 1 aliphatic heterocycles. The van der Waals surface area contributed by atoms with Gasteiger partial charge in [0, 0.05) is 17.8 Å². The number of nitrogens with one attached hydrogen (secondary N) is 1. The average Bonchev–Trinajstić information content (AvgIpc) is 3.02. The van der Waals surface area contributed by atoms with Crippen molar-refractivity contribution < 1.29 is 13.9 Å². The number of hydrogen-bond acceptors (Lipinski definition) is 3. The standard InChI is InChI=1S/C36H33FN2O2/c1-41-35-16-11-28(12-17-35)26-4-6-30(7-5-26)36(40)38-34-15-10-31-22-25(2-3-32(31)23-34)24-39-20-18-29(19-21-39)27-8-13-33(37)14-9-27/h2-17,22-23,29H,18-21,24H2,1H3,(H,38,40). The van der Waals surface area contributed by atoms with Gasteiger partial charge in [-0.25, -0.2) is 4.39 Å². The predicted molar refractivity (Wildman–Crippen MR) is 164 cm³/mol. The summed E-state index contributed by atoms with van der Waals surface area (Å²) in [7, 11) is 1.65. The summed E-state index contributed by atoms with van der Waals surface area (Å²) in [6.07, 6.45) is 2.18. The van der Waals surface area contributed by atoms with E-state index < -0.39 is 0 Å². The number of carbonyl (C=O) groups is 1. The van der Waals surface area contributed by atoms with Gasteiger partial charge in [-0.15, -0.1) is 0 Å². The van der Waals surface area contributed by atoms with Crippen molar-refractivity contribution in [2.75, 3.05) is 25.5 Å². The predicted octanol–water partition coefficient (Wildman–Crippen LogP) is 8.29. The third kappa shape index (κ3) is 6.31. The number of anilines is 1. The zero-order chi connectivity index (χ0) is 28.2. The fourth-order valence-electron chi connectivity index (χ4n) is 5.69. The van der Waals surface area contributed by atoms with Crippen LogP contribution in [0.15, 0.2) is 109 Å². The van der Waals surface area contributed by atoms with Crippen molar-refractivity contribution in [2.45, 2.75) is 25.3 Å². The SMILES string of the molecule is COc1ccc(-c2ccc(C(=O)Nc3ccc4cc(CN5CCC(c6ccc(F)cc6)CC5)ccc4c3)cc2)cc1. The van der Waals surface area contributed by atoms with Crippen LogP contribution < -0.4 is 10.1 Å². The van der Waals surface area contributed by atoms with Crippen molar-refractivity contribution in [3.05, 3.63) is 132 Å². The fourth-order valence-corrected chi connectivity index (χ4v) is 5.69. The maximum atomic E-state index is 13.3. The Hall–Kier alpha value is -4.48.